The summed E-state index contributed by atoms with van der Waals surface area (Å²) in [6, 6.07) is 8.22. The van der Waals surface area contributed by atoms with E-state index in [0.717, 1.165) is 38.1 Å². The number of likely N-dealkylation sites (tertiary alicyclic amines) is 1. The topological polar surface area (TPSA) is 29.5 Å². The Labute approximate surface area is 115 Å². The molecule has 1 saturated heterocycles. The van der Waals surface area contributed by atoms with E-state index in [2.05, 4.69) is 19.1 Å². The molecule has 3 nitrogen and oxygen atoms in total. The molecule has 3 heteroatoms. The zero-order valence-corrected chi connectivity index (χ0v) is 11.9. The van der Waals surface area contributed by atoms with E-state index in [-0.39, 0.29) is 0 Å². The van der Waals surface area contributed by atoms with Crippen molar-refractivity contribution in [3.63, 3.8) is 0 Å². The molecular formula is C16H23NO2. The third-order valence-electron chi connectivity index (χ3n) is 3.87. The van der Waals surface area contributed by atoms with Gasteiger partial charge >= 0.3 is 0 Å². The molecule has 0 bridgehead atoms. The number of carbonyl (C=O) groups is 1. The van der Waals surface area contributed by atoms with Crippen molar-refractivity contribution in [3.05, 3.63) is 29.8 Å². The number of hydrogen-bond donors (Lipinski definition) is 0. The quantitative estimate of drug-likeness (QED) is 0.814. The molecule has 1 aliphatic rings. The lowest BCUT2D eigenvalue weighted by atomic mass is 9.98. The summed E-state index contributed by atoms with van der Waals surface area (Å²) in [5.74, 6) is 1.69. The first-order valence-corrected chi connectivity index (χ1v) is 7.16. The van der Waals surface area contributed by atoms with Crippen molar-refractivity contribution in [2.45, 2.75) is 38.5 Å². The summed E-state index contributed by atoms with van der Waals surface area (Å²) in [5.41, 5.74) is 1.31. The Hall–Kier alpha value is -1.51. The highest BCUT2D eigenvalue weighted by atomic mass is 16.5. The van der Waals surface area contributed by atoms with E-state index in [1.807, 2.05) is 17.0 Å². The fraction of sp³-hybridized carbons (Fsp3) is 0.562. The minimum atomic E-state index is 0.317. The van der Waals surface area contributed by atoms with E-state index in [9.17, 15) is 4.79 Å². The third-order valence-corrected chi connectivity index (χ3v) is 3.87. The van der Waals surface area contributed by atoms with Crippen molar-refractivity contribution in [3.8, 4) is 5.75 Å². The van der Waals surface area contributed by atoms with Crippen LogP contribution in [0.25, 0.3) is 0 Å². The van der Waals surface area contributed by atoms with Gasteiger partial charge in [-0.25, -0.2) is 0 Å². The van der Waals surface area contributed by atoms with Crippen LogP contribution in [0.3, 0.4) is 0 Å². The Morgan fingerprint density at radius 2 is 2.11 bits per heavy atom. The summed E-state index contributed by atoms with van der Waals surface area (Å²) in [6.07, 6.45) is 3.86. The van der Waals surface area contributed by atoms with Gasteiger partial charge in [0.25, 0.3) is 0 Å². The fourth-order valence-electron chi connectivity index (χ4n) is 2.62. The SMILES string of the molecule is CCCCC(=O)N1CC[C@@H](c2ccc(OC)cc2)C1. The maximum absolute atomic E-state index is 12.0. The Morgan fingerprint density at radius 3 is 2.74 bits per heavy atom. The summed E-state index contributed by atoms with van der Waals surface area (Å²) in [5, 5.41) is 0. The lowest BCUT2D eigenvalue weighted by molar-refractivity contribution is -0.130. The smallest absolute Gasteiger partial charge is 0.222 e. The van der Waals surface area contributed by atoms with E-state index >= 15 is 0 Å². The highest BCUT2D eigenvalue weighted by Gasteiger charge is 2.26. The van der Waals surface area contributed by atoms with Crippen LogP contribution < -0.4 is 4.74 Å². The molecule has 2 rings (SSSR count). The Morgan fingerprint density at radius 1 is 1.37 bits per heavy atom. The normalized spacial score (nSPS) is 18.6. The van der Waals surface area contributed by atoms with E-state index in [1.54, 1.807) is 7.11 Å². The largest absolute Gasteiger partial charge is 0.497 e. The minimum absolute atomic E-state index is 0.317. The van der Waals surface area contributed by atoms with Crippen LogP contribution in [0.1, 0.15) is 44.1 Å². The van der Waals surface area contributed by atoms with Crippen LogP contribution in [0, 0.1) is 0 Å². The second-order valence-corrected chi connectivity index (χ2v) is 5.20. The van der Waals surface area contributed by atoms with Crippen molar-refractivity contribution in [1.82, 2.24) is 4.90 Å². The summed E-state index contributed by atoms with van der Waals surface area (Å²) in [4.78, 5) is 14.0. The zero-order valence-electron chi connectivity index (χ0n) is 11.9. The first kappa shape index (κ1) is 13.9. The molecule has 1 aromatic rings. The van der Waals surface area contributed by atoms with Crippen molar-refractivity contribution in [2.75, 3.05) is 20.2 Å². The number of nitrogens with zero attached hydrogens (tertiary/aromatic N) is 1. The van der Waals surface area contributed by atoms with E-state index in [1.165, 1.54) is 5.56 Å². The number of carbonyl (C=O) groups excluding carboxylic acids is 1. The van der Waals surface area contributed by atoms with Crippen molar-refractivity contribution >= 4 is 5.91 Å². The molecule has 0 aliphatic carbocycles. The highest BCUT2D eigenvalue weighted by Crippen LogP contribution is 2.28. The molecule has 1 aliphatic heterocycles. The predicted octanol–water partition coefficient (Wildman–Crippen LogP) is 3.20. The Balaban J connectivity index is 1.91. The zero-order chi connectivity index (χ0) is 13.7. The molecule has 0 saturated carbocycles. The maximum atomic E-state index is 12.0. The Kier molecular flexibility index (Phi) is 4.83. The molecular weight excluding hydrogens is 238 g/mol. The summed E-state index contributed by atoms with van der Waals surface area (Å²) in [6.45, 7) is 3.89. The highest BCUT2D eigenvalue weighted by molar-refractivity contribution is 5.76. The molecule has 0 radical (unpaired) electrons. The van der Waals surface area contributed by atoms with Crippen LogP contribution in [-0.4, -0.2) is 31.0 Å². The molecule has 0 aromatic heterocycles. The van der Waals surface area contributed by atoms with Gasteiger partial charge in [0.1, 0.15) is 5.75 Å². The predicted molar refractivity (Wildman–Crippen MR) is 76.5 cm³/mol. The molecule has 1 atom stereocenters. The molecule has 0 N–H and O–H groups in total. The second kappa shape index (κ2) is 6.60. The van der Waals surface area contributed by atoms with Crippen LogP contribution in [0.5, 0.6) is 5.75 Å². The number of rotatable bonds is 5. The monoisotopic (exact) mass is 261 g/mol. The number of amides is 1. The Bertz CT molecular complexity index is 413. The van der Waals surface area contributed by atoms with Crippen LogP contribution in [0.2, 0.25) is 0 Å². The molecule has 1 fully saturated rings. The van der Waals surface area contributed by atoms with Gasteiger partial charge < -0.3 is 9.64 Å². The van der Waals surface area contributed by atoms with Crippen molar-refractivity contribution < 1.29 is 9.53 Å². The van der Waals surface area contributed by atoms with E-state index in [0.29, 0.717) is 18.2 Å². The average Bonchev–Trinajstić information content (AvgIpc) is 2.94. The van der Waals surface area contributed by atoms with Gasteiger partial charge in [-0.2, -0.15) is 0 Å². The van der Waals surface area contributed by atoms with Gasteiger partial charge in [0, 0.05) is 25.4 Å². The van der Waals surface area contributed by atoms with Crippen LogP contribution >= 0.6 is 0 Å². The van der Waals surface area contributed by atoms with E-state index < -0.39 is 0 Å². The molecule has 0 spiro atoms. The van der Waals surface area contributed by atoms with Crippen LogP contribution in [0.4, 0.5) is 0 Å². The maximum Gasteiger partial charge on any atom is 0.222 e. The number of hydrogen-bond acceptors (Lipinski definition) is 2. The number of ether oxygens (including phenoxy) is 1. The third kappa shape index (κ3) is 3.49. The molecule has 1 heterocycles. The van der Waals surface area contributed by atoms with Crippen LogP contribution in [-0.2, 0) is 4.79 Å². The summed E-state index contributed by atoms with van der Waals surface area (Å²) in [7, 11) is 1.68. The second-order valence-electron chi connectivity index (χ2n) is 5.20. The van der Waals surface area contributed by atoms with Crippen molar-refractivity contribution in [1.29, 1.82) is 0 Å². The molecule has 0 unspecified atom stereocenters. The molecule has 104 valence electrons. The van der Waals surface area contributed by atoms with Gasteiger partial charge in [0.15, 0.2) is 0 Å². The first-order valence-electron chi connectivity index (χ1n) is 7.16. The fourth-order valence-corrected chi connectivity index (χ4v) is 2.62. The van der Waals surface area contributed by atoms with Gasteiger partial charge in [-0.15, -0.1) is 0 Å². The standard InChI is InChI=1S/C16H23NO2/c1-3-4-5-16(18)17-11-10-14(12-17)13-6-8-15(19-2)9-7-13/h6-9,14H,3-5,10-12H2,1-2H3/t14-/m1/s1. The van der Waals surface area contributed by atoms with Crippen LogP contribution in [0.15, 0.2) is 24.3 Å². The van der Waals surface area contributed by atoms with Gasteiger partial charge in [0.05, 0.1) is 7.11 Å². The molecule has 1 aromatic carbocycles. The minimum Gasteiger partial charge on any atom is -0.497 e. The summed E-state index contributed by atoms with van der Waals surface area (Å²) < 4.78 is 5.17. The van der Waals surface area contributed by atoms with Gasteiger partial charge in [-0.1, -0.05) is 25.5 Å². The number of benzene rings is 1. The first-order chi connectivity index (χ1) is 9.24. The van der Waals surface area contributed by atoms with Gasteiger partial charge in [0.2, 0.25) is 5.91 Å². The van der Waals surface area contributed by atoms with E-state index in [4.69, 9.17) is 4.74 Å². The van der Waals surface area contributed by atoms with Gasteiger partial charge in [-0.3, -0.25) is 4.79 Å². The lowest BCUT2D eigenvalue weighted by Gasteiger charge is -2.16. The summed E-state index contributed by atoms with van der Waals surface area (Å²) >= 11 is 0. The average molecular weight is 261 g/mol. The molecule has 19 heavy (non-hydrogen) atoms. The van der Waals surface area contributed by atoms with Gasteiger partial charge in [-0.05, 0) is 30.5 Å². The number of unbranched alkanes of at least 4 members (excludes halogenated alkanes) is 1. The lowest BCUT2D eigenvalue weighted by Crippen LogP contribution is -2.28. The molecule has 1 amide bonds. The number of methoxy groups -OCH3 is 1. The van der Waals surface area contributed by atoms with Crippen molar-refractivity contribution in [2.24, 2.45) is 0 Å².